The summed E-state index contributed by atoms with van der Waals surface area (Å²) in [5.41, 5.74) is 0.570. The van der Waals surface area contributed by atoms with Gasteiger partial charge in [0, 0.05) is 11.6 Å². The molecule has 0 saturated heterocycles. The number of amides is 1. The van der Waals surface area contributed by atoms with Crippen molar-refractivity contribution in [1.29, 1.82) is 0 Å². The Kier molecular flexibility index (Phi) is 4.74. The average molecular weight is 306 g/mol. The summed E-state index contributed by atoms with van der Waals surface area (Å²) >= 11 is 5.17. The van der Waals surface area contributed by atoms with Crippen molar-refractivity contribution in [2.75, 3.05) is 7.11 Å². The van der Waals surface area contributed by atoms with Gasteiger partial charge >= 0.3 is 0 Å². The fraction of sp³-hybridized carbons (Fsp3) is 0.357. The summed E-state index contributed by atoms with van der Waals surface area (Å²) in [6.07, 6.45) is 0. The SMILES string of the molecule is COc1ccc(C(=O)NCc2n[nH]c(=S)n2C(C)C)cc1. The molecule has 0 radical (unpaired) electrons. The molecule has 0 fully saturated rings. The Hall–Kier alpha value is -2.15. The summed E-state index contributed by atoms with van der Waals surface area (Å²) in [6, 6.07) is 7.11. The van der Waals surface area contributed by atoms with Gasteiger partial charge in [-0.05, 0) is 50.3 Å². The summed E-state index contributed by atoms with van der Waals surface area (Å²) < 4.78 is 7.50. The fourth-order valence-corrected chi connectivity index (χ4v) is 2.36. The third kappa shape index (κ3) is 3.49. The van der Waals surface area contributed by atoms with Crippen LogP contribution in [0.5, 0.6) is 5.75 Å². The van der Waals surface area contributed by atoms with E-state index in [1.165, 1.54) is 0 Å². The van der Waals surface area contributed by atoms with Gasteiger partial charge < -0.3 is 14.6 Å². The van der Waals surface area contributed by atoms with E-state index in [2.05, 4.69) is 15.5 Å². The third-order valence-electron chi connectivity index (χ3n) is 3.05. The molecule has 0 saturated carbocycles. The van der Waals surface area contributed by atoms with Gasteiger partial charge in [-0.1, -0.05) is 0 Å². The van der Waals surface area contributed by atoms with Gasteiger partial charge in [0.15, 0.2) is 10.6 Å². The molecule has 0 aliphatic carbocycles. The number of rotatable bonds is 5. The number of hydrogen-bond acceptors (Lipinski definition) is 4. The van der Waals surface area contributed by atoms with Crippen molar-refractivity contribution in [2.45, 2.75) is 26.4 Å². The maximum Gasteiger partial charge on any atom is 0.251 e. The van der Waals surface area contributed by atoms with Gasteiger partial charge in [0.25, 0.3) is 5.91 Å². The molecule has 0 atom stereocenters. The molecule has 0 bridgehead atoms. The Bertz CT molecular complexity index is 673. The number of benzene rings is 1. The van der Waals surface area contributed by atoms with E-state index in [0.29, 0.717) is 28.5 Å². The third-order valence-corrected chi connectivity index (χ3v) is 3.34. The van der Waals surface area contributed by atoms with Crippen LogP contribution in [0, 0.1) is 4.77 Å². The lowest BCUT2D eigenvalue weighted by molar-refractivity contribution is 0.0949. The lowest BCUT2D eigenvalue weighted by atomic mass is 10.2. The number of ether oxygens (including phenoxy) is 1. The van der Waals surface area contributed by atoms with Crippen LogP contribution < -0.4 is 10.1 Å². The number of hydrogen-bond donors (Lipinski definition) is 2. The van der Waals surface area contributed by atoms with Crippen molar-refractivity contribution < 1.29 is 9.53 Å². The van der Waals surface area contributed by atoms with Crippen LogP contribution >= 0.6 is 12.2 Å². The van der Waals surface area contributed by atoms with E-state index in [0.717, 1.165) is 0 Å². The first-order valence-corrected chi connectivity index (χ1v) is 7.01. The van der Waals surface area contributed by atoms with Gasteiger partial charge in [-0.3, -0.25) is 9.89 Å². The monoisotopic (exact) mass is 306 g/mol. The highest BCUT2D eigenvalue weighted by Gasteiger charge is 2.11. The van der Waals surface area contributed by atoms with E-state index < -0.39 is 0 Å². The number of H-pyrrole nitrogens is 1. The molecule has 0 aliphatic heterocycles. The first kappa shape index (κ1) is 15.2. The van der Waals surface area contributed by atoms with Gasteiger partial charge in [0.05, 0.1) is 13.7 Å². The number of carbonyl (C=O) groups excluding carboxylic acids is 1. The highest BCUT2D eigenvalue weighted by atomic mass is 32.1. The molecule has 7 heteroatoms. The lowest BCUT2D eigenvalue weighted by Gasteiger charge is -2.11. The zero-order chi connectivity index (χ0) is 15.4. The largest absolute Gasteiger partial charge is 0.497 e. The molecule has 1 heterocycles. The van der Waals surface area contributed by atoms with E-state index in [1.54, 1.807) is 31.4 Å². The van der Waals surface area contributed by atoms with Gasteiger partial charge in [-0.2, -0.15) is 5.10 Å². The molecule has 112 valence electrons. The second-order valence-corrected chi connectivity index (χ2v) is 5.21. The van der Waals surface area contributed by atoms with Crippen molar-refractivity contribution >= 4 is 18.1 Å². The second-order valence-electron chi connectivity index (χ2n) is 4.82. The summed E-state index contributed by atoms with van der Waals surface area (Å²) in [5.74, 6) is 1.26. The molecule has 21 heavy (non-hydrogen) atoms. The zero-order valence-corrected chi connectivity index (χ0v) is 13.0. The number of nitrogens with zero attached hydrogens (tertiary/aromatic N) is 2. The molecular weight excluding hydrogens is 288 g/mol. The number of carbonyl (C=O) groups is 1. The minimum atomic E-state index is -0.165. The number of aromatic amines is 1. The molecular formula is C14H18N4O2S. The van der Waals surface area contributed by atoms with Crippen LogP contribution in [-0.4, -0.2) is 27.8 Å². The predicted octanol–water partition coefficient (Wildman–Crippen LogP) is 2.46. The van der Waals surface area contributed by atoms with E-state index in [4.69, 9.17) is 17.0 Å². The average Bonchev–Trinajstić information content (AvgIpc) is 2.86. The Morgan fingerprint density at radius 3 is 2.67 bits per heavy atom. The molecule has 0 unspecified atom stereocenters. The van der Waals surface area contributed by atoms with Crippen molar-refractivity contribution in [3.05, 3.63) is 40.4 Å². The molecule has 2 N–H and O–H groups in total. The van der Waals surface area contributed by atoms with E-state index in [-0.39, 0.29) is 11.9 Å². The Morgan fingerprint density at radius 2 is 2.10 bits per heavy atom. The zero-order valence-electron chi connectivity index (χ0n) is 12.2. The van der Waals surface area contributed by atoms with Gasteiger partial charge in [-0.15, -0.1) is 0 Å². The quantitative estimate of drug-likeness (QED) is 0.832. The van der Waals surface area contributed by atoms with Crippen LogP contribution in [0.25, 0.3) is 0 Å². The number of aromatic nitrogens is 3. The second kappa shape index (κ2) is 6.53. The maximum atomic E-state index is 12.1. The van der Waals surface area contributed by atoms with Crippen molar-refractivity contribution in [2.24, 2.45) is 0 Å². The molecule has 0 aliphatic rings. The molecule has 2 rings (SSSR count). The molecule has 6 nitrogen and oxygen atoms in total. The topological polar surface area (TPSA) is 71.9 Å². The first-order valence-electron chi connectivity index (χ1n) is 6.61. The summed E-state index contributed by atoms with van der Waals surface area (Å²) in [5, 5.41) is 9.72. The Balaban J connectivity index is 2.05. The van der Waals surface area contributed by atoms with Gasteiger partial charge in [-0.25, -0.2) is 0 Å². The van der Waals surface area contributed by atoms with Crippen LogP contribution in [0.15, 0.2) is 24.3 Å². The highest BCUT2D eigenvalue weighted by molar-refractivity contribution is 7.71. The molecule has 1 aromatic carbocycles. The van der Waals surface area contributed by atoms with Crippen LogP contribution in [-0.2, 0) is 6.54 Å². The Labute approximate surface area is 128 Å². The minimum absolute atomic E-state index is 0.165. The van der Waals surface area contributed by atoms with Gasteiger partial charge in [0.1, 0.15) is 5.75 Å². The smallest absolute Gasteiger partial charge is 0.251 e. The van der Waals surface area contributed by atoms with Crippen molar-refractivity contribution in [1.82, 2.24) is 20.1 Å². The minimum Gasteiger partial charge on any atom is -0.497 e. The summed E-state index contributed by atoms with van der Waals surface area (Å²) in [4.78, 5) is 12.1. The van der Waals surface area contributed by atoms with Crippen molar-refractivity contribution in [3.8, 4) is 5.75 Å². The molecule has 1 aromatic heterocycles. The van der Waals surface area contributed by atoms with E-state index in [1.807, 2.05) is 18.4 Å². The molecule has 2 aromatic rings. The highest BCUT2D eigenvalue weighted by Crippen LogP contribution is 2.12. The standard InChI is InChI=1S/C14H18N4O2S/c1-9(2)18-12(16-17-14(18)21)8-15-13(19)10-4-6-11(20-3)7-5-10/h4-7,9H,8H2,1-3H3,(H,15,19)(H,17,21). The molecule has 0 spiro atoms. The Morgan fingerprint density at radius 1 is 1.43 bits per heavy atom. The summed E-state index contributed by atoms with van der Waals surface area (Å²) in [7, 11) is 1.59. The molecule has 1 amide bonds. The van der Waals surface area contributed by atoms with Crippen LogP contribution in [0.2, 0.25) is 0 Å². The fourth-order valence-electron chi connectivity index (χ4n) is 2.00. The van der Waals surface area contributed by atoms with E-state index >= 15 is 0 Å². The maximum absolute atomic E-state index is 12.1. The van der Waals surface area contributed by atoms with Crippen LogP contribution in [0.3, 0.4) is 0 Å². The lowest BCUT2D eigenvalue weighted by Crippen LogP contribution is -2.25. The van der Waals surface area contributed by atoms with Crippen molar-refractivity contribution in [3.63, 3.8) is 0 Å². The summed E-state index contributed by atoms with van der Waals surface area (Å²) in [6.45, 7) is 4.34. The first-order chi connectivity index (χ1) is 10.0. The van der Waals surface area contributed by atoms with Gasteiger partial charge in [0.2, 0.25) is 0 Å². The van der Waals surface area contributed by atoms with Crippen LogP contribution in [0.4, 0.5) is 0 Å². The van der Waals surface area contributed by atoms with E-state index in [9.17, 15) is 4.79 Å². The normalized spacial score (nSPS) is 10.7. The number of nitrogens with one attached hydrogen (secondary N) is 2. The number of methoxy groups -OCH3 is 1. The van der Waals surface area contributed by atoms with Crippen LogP contribution in [0.1, 0.15) is 36.1 Å². The predicted molar refractivity (Wildman–Crippen MR) is 82.0 cm³/mol.